The highest BCUT2D eigenvalue weighted by atomic mass is 16.1. The zero-order chi connectivity index (χ0) is 16.2. The molecule has 0 spiro atoms. The first-order chi connectivity index (χ1) is 11.2. The Balaban J connectivity index is 1.76. The molecule has 5 heteroatoms. The van der Waals surface area contributed by atoms with Crippen molar-refractivity contribution in [1.82, 2.24) is 5.32 Å². The lowest BCUT2D eigenvalue weighted by molar-refractivity contribution is 0.0963. The van der Waals surface area contributed by atoms with Crippen LogP contribution in [0.2, 0.25) is 0 Å². The quantitative estimate of drug-likeness (QED) is 0.851. The predicted molar refractivity (Wildman–Crippen MR) is 95.1 cm³/mol. The van der Waals surface area contributed by atoms with Crippen LogP contribution in [0.15, 0.2) is 48.5 Å². The Morgan fingerprint density at radius 2 is 1.65 bits per heavy atom. The number of amides is 1. The van der Waals surface area contributed by atoms with E-state index in [9.17, 15) is 4.79 Å². The molecule has 5 nitrogen and oxygen atoms in total. The molecule has 1 aliphatic rings. The maximum atomic E-state index is 12.1. The van der Waals surface area contributed by atoms with Crippen LogP contribution < -0.4 is 20.9 Å². The van der Waals surface area contributed by atoms with E-state index < -0.39 is 0 Å². The summed E-state index contributed by atoms with van der Waals surface area (Å²) in [5.74, 6) is -0.0993. The summed E-state index contributed by atoms with van der Waals surface area (Å²) in [6, 6.07) is 16.0. The van der Waals surface area contributed by atoms with E-state index in [4.69, 9.17) is 5.73 Å². The van der Waals surface area contributed by atoms with Gasteiger partial charge in [-0.05, 0) is 30.3 Å². The summed E-state index contributed by atoms with van der Waals surface area (Å²) in [7, 11) is 1.64. The summed E-state index contributed by atoms with van der Waals surface area (Å²) >= 11 is 0. The summed E-state index contributed by atoms with van der Waals surface area (Å²) < 4.78 is 0. The van der Waals surface area contributed by atoms with E-state index in [-0.39, 0.29) is 5.91 Å². The molecule has 0 saturated carbocycles. The number of nitrogens with one attached hydrogen (secondary N) is 1. The molecule has 2 aromatic rings. The molecule has 0 atom stereocenters. The Morgan fingerprint density at radius 1 is 1.00 bits per heavy atom. The average Bonchev–Trinajstić information content (AvgIpc) is 2.62. The van der Waals surface area contributed by atoms with Gasteiger partial charge in [0.1, 0.15) is 0 Å². The molecule has 1 amide bonds. The van der Waals surface area contributed by atoms with E-state index in [0.29, 0.717) is 11.3 Å². The molecule has 0 aromatic heterocycles. The van der Waals surface area contributed by atoms with Crippen molar-refractivity contribution in [3.63, 3.8) is 0 Å². The number of hydrogen-bond acceptors (Lipinski definition) is 4. The Kier molecular flexibility index (Phi) is 4.37. The summed E-state index contributed by atoms with van der Waals surface area (Å²) in [5.41, 5.74) is 9.28. The van der Waals surface area contributed by atoms with E-state index in [1.807, 2.05) is 18.2 Å². The molecule has 0 aliphatic carbocycles. The fourth-order valence-corrected chi connectivity index (χ4v) is 2.99. The third kappa shape index (κ3) is 3.23. The monoisotopic (exact) mass is 310 g/mol. The van der Waals surface area contributed by atoms with Crippen LogP contribution in [0.4, 0.5) is 17.1 Å². The van der Waals surface area contributed by atoms with Gasteiger partial charge in [0.2, 0.25) is 0 Å². The number of nitrogens with two attached hydrogens (primary N) is 1. The number of para-hydroxylation sites is 1. The Labute approximate surface area is 136 Å². The smallest absolute Gasteiger partial charge is 0.253 e. The van der Waals surface area contributed by atoms with Crippen molar-refractivity contribution < 1.29 is 4.79 Å². The second kappa shape index (κ2) is 6.60. The largest absolute Gasteiger partial charge is 0.399 e. The van der Waals surface area contributed by atoms with Crippen molar-refractivity contribution in [1.29, 1.82) is 0 Å². The van der Waals surface area contributed by atoms with Crippen LogP contribution in [0.1, 0.15) is 10.4 Å². The van der Waals surface area contributed by atoms with Gasteiger partial charge in [-0.25, -0.2) is 0 Å². The van der Waals surface area contributed by atoms with Crippen molar-refractivity contribution in [2.45, 2.75) is 0 Å². The molecule has 3 N–H and O–H groups in total. The zero-order valence-corrected chi connectivity index (χ0v) is 13.3. The van der Waals surface area contributed by atoms with E-state index in [2.05, 4.69) is 39.4 Å². The summed E-state index contributed by atoms with van der Waals surface area (Å²) in [6.07, 6.45) is 0. The number of anilines is 3. The normalized spacial score (nSPS) is 14.7. The highest BCUT2D eigenvalue weighted by Crippen LogP contribution is 2.25. The van der Waals surface area contributed by atoms with Gasteiger partial charge in [0, 0.05) is 50.3 Å². The third-order valence-electron chi connectivity index (χ3n) is 4.23. The van der Waals surface area contributed by atoms with E-state index >= 15 is 0 Å². The number of rotatable bonds is 3. The predicted octanol–water partition coefficient (Wildman–Crippen LogP) is 1.95. The van der Waals surface area contributed by atoms with Gasteiger partial charge in [-0.15, -0.1) is 0 Å². The Morgan fingerprint density at radius 3 is 2.30 bits per heavy atom. The van der Waals surface area contributed by atoms with Crippen LogP contribution in [0, 0.1) is 0 Å². The summed E-state index contributed by atoms with van der Waals surface area (Å²) in [5, 5.41) is 2.69. The minimum absolute atomic E-state index is 0.0993. The third-order valence-corrected chi connectivity index (χ3v) is 4.23. The standard InChI is InChI=1S/C18H22N4O/c1-20-18(23)16-13-14(19)7-8-17(16)22-11-9-21(10-12-22)15-5-3-2-4-6-15/h2-8,13H,9-12,19H2,1H3,(H,20,23). The van der Waals surface area contributed by atoms with Crippen molar-refractivity contribution >= 4 is 23.0 Å². The maximum absolute atomic E-state index is 12.1. The van der Waals surface area contributed by atoms with Crippen molar-refractivity contribution in [3.8, 4) is 0 Å². The van der Waals surface area contributed by atoms with Crippen molar-refractivity contribution in [3.05, 3.63) is 54.1 Å². The van der Waals surface area contributed by atoms with Gasteiger partial charge in [0.25, 0.3) is 5.91 Å². The van der Waals surface area contributed by atoms with Gasteiger partial charge < -0.3 is 20.9 Å². The number of piperazine rings is 1. The molecule has 0 radical (unpaired) electrons. The van der Waals surface area contributed by atoms with Crippen LogP contribution in [0.25, 0.3) is 0 Å². The topological polar surface area (TPSA) is 61.6 Å². The van der Waals surface area contributed by atoms with E-state index in [1.165, 1.54) is 5.69 Å². The van der Waals surface area contributed by atoms with Gasteiger partial charge in [-0.1, -0.05) is 18.2 Å². The summed E-state index contributed by atoms with van der Waals surface area (Å²) in [4.78, 5) is 16.7. The first-order valence-electron chi connectivity index (χ1n) is 7.85. The second-order valence-electron chi connectivity index (χ2n) is 5.67. The van der Waals surface area contributed by atoms with Crippen LogP contribution in [0.3, 0.4) is 0 Å². The second-order valence-corrected chi connectivity index (χ2v) is 5.67. The Hall–Kier alpha value is -2.69. The van der Waals surface area contributed by atoms with Crippen molar-refractivity contribution in [2.24, 2.45) is 0 Å². The number of nitrogens with zero attached hydrogens (tertiary/aromatic N) is 2. The lowest BCUT2D eigenvalue weighted by atomic mass is 10.1. The van der Waals surface area contributed by atoms with Gasteiger partial charge in [0.05, 0.1) is 5.56 Å². The molecular formula is C18H22N4O. The first kappa shape index (κ1) is 15.2. The molecular weight excluding hydrogens is 288 g/mol. The number of hydrogen-bond donors (Lipinski definition) is 2. The lowest BCUT2D eigenvalue weighted by Gasteiger charge is -2.38. The van der Waals surface area contributed by atoms with Crippen LogP contribution in [-0.2, 0) is 0 Å². The number of nitrogen functional groups attached to an aromatic ring is 1. The van der Waals surface area contributed by atoms with Crippen LogP contribution in [-0.4, -0.2) is 39.1 Å². The highest BCUT2D eigenvalue weighted by Gasteiger charge is 2.21. The first-order valence-corrected chi connectivity index (χ1v) is 7.85. The fourth-order valence-electron chi connectivity index (χ4n) is 2.99. The molecule has 1 heterocycles. The molecule has 0 bridgehead atoms. The van der Waals surface area contributed by atoms with E-state index in [1.54, 1.807) is 13.1 Å². The lowest BCUT2D eigenvalue weighted by Crippen LogP contribution is -2.47. The minimum atomic E-state index is -0.0993. The molecule has 1 saturated heterocycles. The Bertz CT molecular complexity index is 679. The number of benzene rings is 2. The summed E-state index contributed by atoms with van der Waals surface area (Å²) in [6.45, 7) is 3.62. The molecule has 2 aromatic carbocycles. The van der Waals surface area contributed by atoms with Gasteiger partial charge in [0.15, 0.2) is 0 Å². The molecule has 0 unspecified atom stereocenters. The number of carbonyl (C=O) groups excluding carboxylic acids is 1. The fraction of sp³-hybridized carbons (Fsp3) is 0.278. The maximum Gasteiger partial charge on any atom is 0.253 e. The van der Waals surface area contributed by atoms with Crippen LogP contribution >= 0.6 is 0 Å². The zero-order valence-electron chi connectivity index (χ0n) is 13.3. The molecule has 120 valence electrons. The van der Waals surface area contributed by atoms with Gasteiger partial charge in [-0.3, -0.25) is 4.79 Å². The average molecular weight is 310 g/mol. The number of carbonyl (C=O) groups is 1. The molecule has 23 heavy (non-hydrogen) atoms. The SMILES string of the molecule is CNC(=O)c1cc(N)ccc1N1CCN(c2ccccc2)CC1. The van der Waals surface area contributed by atoms with Gasteiger partial charge >= 0.3 is 0 Å². The van der Waals surface area contributed by atoms with Crippen LogP contribution in [0.5, 0.6) is 0 Å². The van der Waals surface area contributed by atoms with Crippen molar-refractivity contribution in [2.75, 3.05) is 48.8 Å². The molecule has 3 rings (SSSR count). The van der Waals surface area contributed by atoms with E-state index in [0.717, 1.165) is 31.9 Å². The molecule has 1 aliphatic heterocycles. The minimum Gasteiger partial charge on any atom is -0.399 e. The molecule has 1 fully saturated rings. The van der Waals surface area contributed by atoms with Gasteiger partial charge in [-0.2, -0.15) is 0 Å². The highest BCUT2D eigenvalue weighted by molar-refractivity contribution is 6.00.